The Labute approximate surface area is 224 Å². The van der Waals surface area contributed by atoms with Crippen molar-refractivity contribution < 1.29 is 33.8 Å². The third kappa shape index (κ3) is 4.49. The molecule has 2 aromatic rings. The number of carboxylic acids is 1. The summed E-state index contributed by atoms with van der Waals surface area (Å²) in [4.78, 5) is 61.1. The van der Waals surface area contributed by atoms with E-state index in [1.807, 2.05) is 24.0 Å². The Hall–Kier alpha value is -3.92. The molecule has 0 bridgehead atoms. The van der Waals surface area contributed by atoms with Gasteiger partial charge in [-0.05, 0) is 6.42 Å². The lowest BCUT2D eigenvalue weighted by Gasteiger charge is -2.50. The summed E-state index contributed by atoms with van der Waals surface area (Å²) < 4.78 is 4.04. The zero-order chi connectivity index (χ0) is 27.0. The highest BCUT2D eigenvalue weighted by Crippen LogP contribution is 2.40. The lowest BCUT2D eigenvalue weighted by atomic mass is 10.0. The van der Waals surface area contributed by atoms with Crippen molar-refractivity contribution in [2.75, 3.05) is 36.7 Å². The maximum Gasteiger partial charge on any atom is 0.276 e. The summed E-state index contributed by atoms with van der Waals surface area (Å²) in [6.45, 7) is 2.05. The Balaban J connectivity index is 1.34. The standard InChI is InChI=1S/C22H24N8O6S2/c1-27-5-3-6-29-14(27)4-7-28(29)8-12-9-37-20-16(19(33)30(20)17(12)21(34)35)25-18(32)15(26-36-2)13-10-38-22(24-13)23-11-31/h4,7,10-11,16,20H,3,5-6,8-9H2,1-2H3,(H2-,23,24,25,31,32,34,35)/t16-,20-/m1/s1. The average molecular weight is 561 g/mol. The molecule has 0 spiro atoms. The Morgan fingerprint density at radius 3 is 2.95 bits per heavy atom. The molecule has 5 heterocycles. The van der Waals surface area contributed by atoms with Crippen LogP contribution in [0, 0.1) is 0 Å². The minimum absolute atomic E-state index is 0.148. The highest BCUT2D eigenvalue weighted by molar-refractivity contribution is 8.00. The number of hydrogen-bond acceptors (Lipinski definition) is 11. The predicted octanol–water partition coefficient (Wildman–Crippen LogP) is -1.91. The second-order valence-electron chi connectivity index (χ2n) is 8.69. The van der Waals surface area contributed by atoms with Crippen molar-refractivity contribution in [3.05, 3.63) is 34.6 Å². The number of carboxylic acid groups (broad SMARTS) is 1. The first kappa shape index (κ1) is 25.7. The van der Waals surface area contributed by atoms with Gasteiger partial charge in [0.2, 0.25) is 6.41 Å². The van der Waals surface area contributed by atoms with Crippen LogP contribution in [0.25, 0.3) is 0 Å². The van der Waals surface area contributed by atoms with E-state index in [-0.39, 0.29) is 22.2 Å². The molecule has 0 aromatic carbocycles. The molecule has 14 nitrogen and oxygen atoms in total. The van der Waals surface area contributed by atoms with Gasteiger partial charge in [0.05, 0.1) is 24.3 Å². The van der Waals surface area contributed by atoms with Gasteiger partial charge < -0.3 is 30.3 Å². The van der Waals surface area contributed by atoms with Crippen LogP contribution in [0.4, 0.5) is 10.9 Å². The summed E-state index contributed by atoms with van der Waals surface area (Å²) in [5, 5.41) is 22.0. The molecule has 3 amide bonds. The Morgan fingerprint density at radius 1 is 1.39 bits per heavy atom. The fraction of sp³-hybridized carbons (Fsp3) is 0.409. The van der Waals surface area contributed by atoms with Crippen molar-refractivity contribution in [2.45, 2.75) is 30.9 Å². The van der Waals surface area contributed by atoms with E-state index in [4.69, 9.17) is 4.84 Å². The van der Waals surface area contributed by atoms with Gasteiger partial charge in [-0.15, -0.1) is 32.5 Å². The molecule has 0 aliphatic carbocycles. The van der Waals surface area contributed by atoms with E-state index in [9.17, 15) is 24.3 Å². The maximum absolute atomic E-state index is 13.1. The highest BCUT2D eigenvalue weighted by Gasteiger charge is 2.53. The van der Waals surface area contributed by atoms with Gasteiger partial charge in [-0.1, -0.05) is 5.16 Å². The number of thioether (sulfide) groups is 1. The quantitative estimate of drug-likeness (QED) is 0.117. The van der Waals surface area contributed by atoms with E-state index in [0.29, 0.717) is 24.3 Å². The van der Waals surface area contributed by atoms with Gasteiger partial charge in [-0.2, -0.15) is 0 Å². The monoisotopic (exact) mass is 560 g/mol. The van der Waals surface area contributed by atoms with Crippen LogP contribution >= 0.6 is 23.1 Å². The minimum Gasteiger partial charge on any atom is -0.543 e. The van der Waals surface area contributed by atoms with E-state index in [1.54, 1.807) is 0 Å². The van der Waals surface area contributed by atoms with E-state index < -0.39 is 29.2 Å². The minimum atomic E-state index is -1.44. The van der Waals surface area contributed by atoms with Crippen LogP contribution in [0.1, 0.15) is 12.1 Å². The summed E-state index contributed by atoms with van der Waals surface area (Å²) in [6, 6.07) is 1.01. The molecular formula is C22H24N8O6S2. The number of carbonyl (C=O) groups is 4. The zero-order valence-corrected chi connectivity index (χ0v) is 22.1. The molecule has 0 unspecified atom stereocenters. The van der Waals surface area contributed by atoms with Gasteiger partial charge in [0, 0.05) is 30.3 Å². The third-order valence-electron chi connectivity index (χ3n) is 6.43. The van der Waals surface area contributed by atoms with Crippen molar-refractivity contribution in [1.82, 2.24) is 19.9 Å². The van der Waals surface area contributed by atoms with Crippen molar-refractivity contribution in [3.8, 4) is 0 Å². The van der Waals surface area contributed by atoms with Crippen LogP contribution in [0.15, 0.2) is 34.1 Å². The van der Waals surface area contributed by atoms with Crippen LogP contribution in [-0.2, 0) is 37.1 Å². The van der Waals surface area contributed by atoms with Crippen molar-refractivity contribution in [1.29, 1.82) is 0 Å². The number of nitrogens with zero attached hydrogens (tertiary/aromatic N) is 6. The largest absolute Gasteiger partial charge is 0.543 e. The van der Waals surface area contributed by atoms with Gasteiger partial charge in [-0.3, -0.25) is 19.3 Å². The zero-order valence-electron chi connectivity index (χ0n) is 20.4. The lowest BCUT2D eigenvalue weighted by molar-refractivity contribution is -0.768. The second kappa shape index (κ2) is 10.4. The number of β-lactam (4-membered cyclic amide) rings is 1. The fourth-order valence-corrected chi connectivity index (χ4v) is 6.71. The molecule has 3 aliphatic heterocycles. The molecule has 0 radical (unpaired) electrons. The van der Waals surface area contributed by atoms with Crippen molar-refractivity contribution in [2.24, 2.45) is 5.16 Å². The van der Waals surface area contributed by atoms with Gasteiger partial charge >= 0.3 is 0 Å². The number of aromatic nitrogens is 3. The summed E-state index contributed by atoms with van der Waals surface area (Å²) in [7, 11) is 3.27. The topological polar surface area (TPSA) is 165 Å². The number of fused-ring (bicyclic) bond motifs is 2. The molecule has 1 saturated heterocycles. The van der Waals surface area contributed by atoms with Crippen LogP contribution in [-0.4, -0.2) is 82.3 Å². The molecule has 3 aliphatic rings. The number of oxime groups is 1. The van der Waals surface area contributed by atoms with Gasteiger partial charge in [0.15, 0.2) is 29.4 Å². The predicted molar refractivity (Wildman–Crippen MR) is 135 cm³/mol. The first-order chi connectivity index (χ1) is 18.3. The molecule has 200 valence electrons. The van der Waals surface area contributed by atoms with E-state index >= 15 is 0 Å². The Kier molecular flexibility index (Phi) is 7.07. The Morgan fingerprint density at radius 2 is 2.21 bits per heavy atom. The third-order valence-corrected chi connectivity index (χ3v) is 8.54. The number of nitrogens with one attached hydrogen (secondary N) is 2. The van der Waals surface area contributed by atoms with Crippen LogP contribution < -0.4 is 25.3 Å². The number of thiazole rings is 1. The number of aliphatic carboxylic acids is 1. The molecular weight excluding hydrogens is 536 g/mol. The first-order valence-corrected chi connectivity index (χ1v) is 13.5. The first-order valence-electron chi connectivity index (χ1n) is 11.6. The van der Waals surface area contributed by atoms with Crippen LogP contribution in [0.3, 0.4) is 0 Å². The maximum atomic E-state index is 13.1. The molecule has 2 N–H and O–H groups in total. The number of rotatable bonds is 9. The van der Waals surface area contributed by atoms with Crippen LogP contribution in [0.5, 0.6) is 0 Å². The molecule has 0 saturated carbocycles. The highest BCUT2D eigenvalue weighted by atomic mass is 32.2. The molecule has 1 fully saturated rings. The van der Waals surface area contributed by atoms with E-state index in [0.717, 1.165) is 36.7 Å². The van der Waals surface area contributed by atoms with Crippen molar-refractivity contribution in [3.63, 3.8) is 0 Å². The molecule has 16 heteroatoms. The number of hydrogen-bond donors (Lipinski definition) is 2. The summed E-state index contributed by atoms with van der Waals surface area (Å²) in [5.41, 5.74) is 0.356. The number of carbonyl (C=O) groups excluding carboxylic acids is 4. The summed E-state index contributed by atoms with van der Waals surface area (Å²) in [6.07, 6.45) is 3.33. The fourth-order valence-electron chi connectivity index (χ4n) is 4.72. The normalized spacial score (nSPS) is 20.9. The average Bonchev–Trinajstić information content (AvgIpc) is 3.53. The van der Waals surface area contributed by atoms with Gasteiger partial charge in [-0.25, -0.2) is 4.98 Å². The van der Waals surface area contributed by atoms with Crippen LogP contribution in [0.2, 0.25) is 0 Å². The molecule has 5 rings (SSSR count). The number of anilines is 2. The van der Waals surface area contributed by atoms with Gasteiger partial charge in [0.1, 0.15) is 24.2 Å². The Bertz CT molecular complexity index is 1370. The second-order valence-corrected chi connectivity index (χ2v) is 10.7. The molecule has 2 atom stereocenters. The molecule has 2 aromatic heterocycles. The number of amides is 3. The van der Waals surface area contributed by atoms with Gasteiger partial charge in [0.25, 0.3) is 11.8 Å². The lowest BCUT2D eigenvalue weighted by Crippen LogP contribution is -2.71. The SMILES string of the molecule is CON=C(C(=O)N[C@@H]1C(=O)N2C(C(=O)[O-])=C(C[n+]3ccc4n3CCCN4C)CS[C@H]12)c1csc(NC=O)n1. The van der Waals surface area contributed by atoms with E-state index in [1.165, 1.54) is 29.2 Å². The van der Waals surface area contributed by atoms with E-state index in [2.05, 4.69) is 30.4 Å². The molecule has 38 heavy (non-hydrogen) atoms. The van der Waals surface area contributed by atoms with Crippen molar-refractivity contribution >= 4 is 64.0 Å². The summed E-state index contributed by atoms with van der Waals surface area (Å²) in [5.74, 6) is -1.34. The smallest absolute Gasteiger partial charge is 0.276 e. The summed E-state index contributed by atoms with van der Waals surface area (Å²) >= 11 is 2.45.